The van der Waals surface area contributed by atoms with Crippen molar-refractivity contribution < 1.29 is 9.59 Å². The predicted octanol–water partition coefficient (Wildman–Crippen LogP) is 2.95. The minimum atomic E-state index is -0.449. The first-order chi connectivity index (χ1) is 17.6. The summed E-state index contributed by atoms with van der Waals surface area (Å²) in [7, 11) is 0. The number of carbonyl (C=O) groups is 2. The standard InChI is InChI=1S/C27H22N6O3/c34-25(22-7-4-12-33(27(22)36)16-19-6-1-2-10-29-19)30-11-3-5-18-8-9-21-23(14-20-15-28-17-31-20)26(35)32-24(21)13-18/h1-10,12-15,17H,11,16H2,(H,28,31)(H,30,34)(H,32,35)/b5-3+,23-14?. The largest absolute Gasteiger partial charge is 0.348 e. The van der Waals surface area contributed by atoms with Crippen LogP contribution in [0.5, 0.6) is 0 Å². The average Bonchev–Trinajstić information content (AvgIpc) is 3.51. The molecule has 0 radical (unpaired) electrons. The lowest BCUT2D eigenvalue weighted by Gasteiger charge is -2.08. The van der Waals surface area contributed by atoms with Crippen LogP contribution in [0.15, 0.2) is 84.3 Å². The van der Waals surface area contributed by atoms with E-state index in [0.29, 0.717) is 5.57 Å². The van der Waals surface area contributed by atoms with Gasteiger partial charge in [0.2, 0.25) is 0 Å². The molecule has 0 saturated heterocycles. The first-order valence-corrected chi connectivity index (χ1v) is 11.3. The molecule has 2 amide bonds. The Morgan fingerprint density at radius 2 is 2.03 bits per heavy atom. The second-order valence-electron chi connectivity index (χ2n) is 8.11. The molecule has 9 heteroatoms. The summed E-state index contributed by atoms with van der Waals surface area (Å²) in [5.41, 5.74) is 4.12. The van der Waals surface area contributed by atoms with Gasteiger partial charge in [0.05, 0.1) is 36.0 Å². The van der Waals surface area contributed by atoms with Gasteiger partial charge in [-0.15, -0.1) is 0 Å². The number of rotatable bonds is 7. The number of carbonyl (C=O) groups excluding carboxylic acids is 2. The number of hydrogen-bond donors (Lipinski definition) is 3. The predicted molar refractivity (Wildman–Crippen MR) is 137 cm³/mol. The quantitative estimate of drug-likeness (QED) is 0.353. The summed E-state index contributed by atoms with van der Waals surface area (Å²) in [4.78, 5) is 48.9. The van der Waals surface area contributed by atoms with E-state index in [1.54, 1.807) is 49.2 Å². The van der Waals surface area contributed by atoms with Gasteiger partial charge in [0.15, 0.2) is 0 Å². The fourth-order valence-corrected chi connectivity index (χ4v) is 3.90. The minimum absolute atomic E-state index is 0.0682. The van der Waals surface area contributed by atoms with Crippen molar-refractivity contribution in [2.45, 2.75) is 6.54 Å². The molecule has 1 aliphatic rings. The Hall–Kier alpha value is -5.05. The number of nitrogens with zero attached hydrogens (tertiary/aromatic N) is 3. The van der Waals surface area contributed by atoms with E-state index in [1.165, 1.54) is 10.6 Å². The highest BCUT2D eigenvalue weighted by Crippen LogP contribution is 2.33. The van der Waals surface area contributed by atoms with Gasteiger partial charge in [-0.3, -0.25) is 19.4 Å². The normalized spacial score (nSPS) is 13.7. The van der Waals surface area contributed by atoms with Gasteiger partial charge in [0, 0.05) is 30.2 Å². The van der Waals surface area contributed by atoms with E-state index in [9.17, 15) is 14.4 Å². The fourth-order valence-electron chi connectivity index (χ4n) is 3.90. The third kappa shape index (κ3) is 4.90. The van der Waals surface area contributed by atoms with Crippen molar-refractivity contribution in [1.29, 1.82) is 0 Å². The van der Waals surface area contributed by atoms with Gasteiger partial charge in [-0.2, -0.15) is 0 Å². The maximum atomic E-state index is 12.7. The molecule has 178 valence electrons. The molecule has 5 rings (SSSR count). The number of anilines is 1. The summed E-state index contributed by atoms with van der Waals surface area (Å²) in [5.74, 6) is -0.626. The number of aromatic amines is 1. The van der Waals surface area contributed by atoms with Crippen molar-refractivity contribution in [3.8, 4) is 0 Å². The second-order valence-corrected chi connectivity index (χ2v) is 8.11. The first-order valence-electron chi connectivity index (χ1n) is 11.3. The number of imidazole rings is 1. The van der Waals surface area contributed by atoms with Crippen LogP contribution in [0.25, 0.3) is 17.7 Å². The number of benzene rings is 1. The van der Waals surface area contributed by atoms with Gasteiger partial charge in [0.25, 0.3) is 17.4 Å². The van der Waals surface area contributed by atoms with Crippen LogP contribution in [0.3, 0.4) is 0 Å². The third-order valence-corrected chi connectivity index (χ3v) is 5.66. The van der Waals surface area contributed by atoms with E-state index in [2.05, 4.69) is 25.6 Å². The molecular formula is C27H22N6O3. The molecule has 0 fully saturated rings. The number of H-pyrrole nitrogens is 1. The number of amides is 2. The monoisotopic (exact) mass is 478 g/mol. The molecular weight excluding hydrogens is 456 g/mol. The maximum Gasteiger partial charge on any atom is 0.263 e. The van der Waals surface area contributed by atoms with Crippen LogP contribution < -0.4 is 16.2 Å². The zero-order chi connectivity index (χ0) is 24.9. The van der Waals surface area contributed by atoms with Crippen molar-refractivity contribution in [2.24, 2.45) is 0 Å². The van der Waals surface area contributed by atoms with Crippen LogP contribution in [-0.2, 0) is 11.3 Å². The Labute approximate surface area is 206 Å². The minimum Gasteiger partial charge on any atom is -0.348 e. The highest BCUT2D eigenvalue weighted by molar-refractivity contribution is 6.34. The lowest BCUT2D eigenvalue weighted by Crippen LogP contribution is -2.33. The van der Waals surface area contributed by atoms with E-state index < -0.39 is 5.91 Å². The zero-order valence-corrected chi connectivity index (χ0v) is 19.1. The Bertz CT molecular complexity index is 1540. The van der Waals surface area contributed by atoms with Crippen molar-refractivity contribution >= 4 is 35.2 Å². The summed E-state index contributed by atoms with van der Waals surface area (Å²) in [6, 6.07) is 14.3. The third-order valence-electron chi connectivity index (χ3n) is 5.66. The van der Waals surface area contributed by atoms with Crippen LogP contribution in [0.1, 0.15) is 32.9 Å². The summed E-state index contributed by atoms with van der Waals surface area (Å²) in [6.45, 7) is 0.524. The number of aromatic nitrogens is 4. The molecule has 0 spiro atoms. The van der Waals surface area contributed by atoms with Gasteiger partial charge in [-0.05, 0) is 42.0 Å². The van der Waals surface area contributed by atoms with Crippen molar-refractivity contribution in [3.05, 3.63) is 118 Å². The smallest absolute Gasteiger partial charge is 0.263 e. The van der Waals surface area contributed by atoms with E-state index in [1.807, 2.05) is 36.4 Å². The molecule has 0 saturated carbocycles. The summed E-state index contributed by atoms with van der Waals surface area (Å²) < 4.78 is 1.46. The number of pyridine rings is 2. The molecule has 4 heterocycles. The summed E-state index contributed by atoms with van der Waals surface area (Å²) in [5, 5.41) is 5.62. The first kappa shape index (κ1) is 22.7. The van der Waals surface area contributed by atoms with Crippen LogP contribution in [-0.4, -0.2) is 37.9 Å². The molecule has 9 nitrogen and oxygen atoms in total. The van der Waals surface area contributed by atoms with Crippen molar-refractivity contribution in [3.63, 3.8) is 0 Å². The molecule has 0 aliphatic carbocycles. The Balaban J connectivity index is 1.22. The number of fused-ring (bicyclic) bond motifs is 1. The Morgan fingerprint density at radius 1 is 1.11 bits per heavy atom. The van der Waals surface area contributed by atoms with Gasteiger partial charge < -0.3 is 20.2 Å². The molecule has 0 unspecified atom stereocenters. The second kappa shape index (κ2) is 10.1. The molecule has 1 aromatic carbocycles. The lowest BCUT2D eigenvalue weighted by atomic mass is 10.0. The van der Waals surface area contributed by atoms with Crippen LogP contribution in [0, 0.1) is 0 Å². The Morgan fingerprint density at radius 3 is 2.83 bits per heavy atom. The van der Waals surface area contributed by atoms with E-state index >= 15 is 0 Å². The topological polar surface area (TPSA) is 122 Å². The molecule has 0 atom stereocenters. The highest BCUT2D eigenvalue weighted by atomic mass is 16.2. The van der Waals surface area contributed by atoms with Gasteiger partial charge in [0.1, 0.15) is 5.56 Å². The molecule has 36 heavy (non-hydrogen) atoms. The van der Waals surface area contributed by atoms with Crippen LogP contribution in [0.2, 0.25) is 0 Å². The molecule has 3 N–H and O–H groups in total. The molecule has 0 bridgehead atoms. The van der Waals surface area contributed by atoms with Crippen LogP contribution >= 0.6 is 0 Å². The summed E-state index contributed by atoms with van der Waals surface area (Å²) in [6.07, 6.45) is 11.9. The maximum absolute atomic E-state index is 12.7. The lowest BCUT2D eigenvalue weighted by molar-refractivity contribution is -0.110. The van der Waals surface area contributed by atoms with E-state index in [0.717, 1.165) is 28.2 Å². The molecule has 3 aromatic heterocycles. The van der Waals surface area contributed by atoms with Gasteiger partial charge in [-0.25, -0.2) is 4.98 Å². The molecule has 1 aliphatic heterocycles. The Kier molecular flexibility index (Phi) is 6.35. The SMILES string of the molecule is O=C1Nc2cc(/C=C/CNC(=O)c3cccn(Cc4ccccn4)c3=O)ccc2C1=Cc1cnc[nH]1. The molecule has 4 aromatic rings. The summed E-state index contributed by atoms with van der Waals surface area (Å²) >= 11 is 0. The van der Waals surface area contributed by atoms with Gasteiger partial charge in [-0.1, -0.05) is 30.4 Å². The zero-order valence-electron chi connectivity index (χ0n) is 19.1. The van der Waals surface area contributed by atoms with Crippen molar-refractivity contribution in [2.75, 3.05) is 11.9 Å². The van der Waals surface area contributed by atoms with Crippen molar-refractivity contribution in [1.82, 2.24) is 24.8 Å². The van der Waals surface area contributed by atoms with E-state index in [-0.39, 0.29) is 30.1 Å². The number of hydrogen-bond acceptors (Lipinski definition) is 5. The number of nitrogens with one attached hydrogen (secondary N) is 3. The fraction of sp³-hybridized carbons (Fsp3) is 0.0741. The van der Waals surface area contributed by atoms with E-state index in [4.69, 9.17) is 0 Å². The average molecular weight is 479 g/mol. The van der Waals surface area contributed by atoms with Gasteiger partial charge >= 0.3 is 0 Å². The van der Waals surface area contributed by atoms with Crippen LogP contribution in [0.4, 0.5) is 5.69 Å². The highest BCUT2D eigenvalue weighted by Gasteiger charge is 2.24.